The summed E-state index contributed by atoms with van der Waals surface area (Å²) >= 11 is 0. The molecule has 31 heavy (non-hydrogen) atoms. The molecule has 0 radical (unpaired) electrons. The summed E-state index contributed by atoms with van der Waals surface area (Å²) < 4.78 is 17.4. The van der Waals surface area contributed by atoms with Gasteiger partial charge in [0.05, 0.1) is 19.3 Å². The minimum absolute atomic E-state index is 0.0156. The van der Waals surface area contributed by atoms with Gasteiger partial charge in [-0.1, -0.05) is 24.3 Å². The van der Waals surface area contributed by atoms with Crippen LogP contribution in [0.5, 0.6) is 11.5 Å². The Morgan fingerprint density at radius 2 is 1.97 bits per heavy atom. The Kier molecular flexibility index (Phi) is 5.72. The molecule has 3 saturated heterocycles. The predicted octanol–water partition coefficient (Wildman–Crippen LogP) is 4.40. The molecule has 6 rings (SSSR count). The molecule has 4 aliphatic heterocycles. The highest BCUT2D eigenvalue weighted by molar-refractivity contribution is 5.70. The number of ether oxygens (including phenoxy) is 3. The van der Waals surface area contributed by atoms with Gasteiger partial charge in [-0.25, -0.2) is 4.79 Å². The zero-order valence-electron chi connectivity index (χ0n) is 18.0. The highest BCUT2D eigenvalue weighted by Gasteiger charge is 2.37. The van der Waals surface area contributed by atoms with E-state index < -0.39 is 0 Å². The van der Waals surface area contributed by atoms with Crippen LogP contribution in [-0.2, 0) is 4.74 Å². The van der Waals surface area contributed by atoms with Gasteiger partial charge in [0.15, 0.2) is 0 Å². The van der Waals surface area contributed by atoms with Crippen LogP contribution < -0.4 is 14.8 Å². The summed E-state index contributed by atoms with van der Waals surface area (Å²) in [6, 6.07) is 14.1. The lowest BCUT2D eigenvalue weighted by molar-refractivity contribution is -0.0342. The summed E-state index contributed by atoms with van der Waals surface area (Å²) in [6.45, 7) is 6.32. The van der Waals surface area contributed by atoms with Gasteiger partial charge >= 0.3 is 6.09 Å². The molecule has 1 amide bonds. The lowest BCUT2D eigenvalue weighted by Gasteiger charge is -2.44. The Balaban J connectivity index is 1.28. The van der Waals surface area contributed by atoms with Crippen molar-refractivity contribution in [2.24, 2.45) is 5.92 Å². The fraction of sp³-hybridized carbons (Fsp3) is 0.480. The highest BCUT2D eigenvalue weighted by atomic mass is 16.6. The van der Waals surface area contributed by atoms with Gasteiger partial charge < -0.3 is 19.5 Å². The topological polar surface area (TPSA) is 60.0 Å². The Morgan fingerprint density at radius 3 is 2.74 bits per heavy atom. The number of hydrogen-bond acceptors (Lipinski definition) is 5. The first-order valence-corrected chi connectivity index (χ1v) is 11.4. The number of hydrogen-bond donors (Lipinski definition) is 1. The first-order valence-electron chi connectivity index (χ1n) is 11.4. The van der Waals surface area contributed by atoms with Crippen molar-refractivity contribution >= 4 is 6.09 Å². The molecule has 3 fully saturated rings. The third kappa shape index (κ3) is 4.35. The third-order valence-corrected chi connectivity index (χ3v) is 6.68. The SMILES string of the molecule is CCOc1cccc(-c2ccc3c(c2)OCCC3NC(=O)O[C@H]2CN3CCC2CC3)c1. The minimum atomic E-state index is -0.315. The molecule has 1 unspecified atom stereocenters. The number of benzene rings is 2. The maximum Gasteiger partial charge on any atom is 0.407 e. The number of fused-ring (bicyclic) bond motifs is 4. The first-order chi connectivity index (χ1) is 15.2. The number of amides is 1. The van der Waals surface area contributed by atoms with E-state index in [1.165, 1.54) is 0 Å². The van der Waals surface area contributed by atoms with E-state index in [0.29, 0.717) is 19.1 Å². The number of alkyl carbamates (subject to hydrolysis) is 1. The van der Waals surface area contributed by atoms with Crippen LogP contribution >= 0.6 is 0 Å². The second kappa shape index (κ2) is 8.79. The summed E-state index contributed by atoms with van der Waals surface area (Å²) in [6.07, 6.45) is 2.70. The van der Waals surface area contributed by atoms with Crippen LogP contribution in [0.2, 0.25) is 0 Å². The molecule has 6 nitrogen and oxygen atoms in total. The van der Waals surface area contributed by atoms with Crippen molar-refractivity contribution in [3.8, 4) is 22.6 Å². The molecule has 2 atom stereocenters. The van der Waals surface area contributed by atoms with Crippen LogP contribution in [-0.4, -0.2) is 49.9 Å². The van der Waals surface area contributed by atoms with Crippen LogP contribution in [0.15, 0.2) is 42.5 Å². The Morgan fingerprint density at radius 1 is 1.13 bits per heavy atom. The van der Waals surface area contributed by atoms with Crippen molar-refractivity contribution in [2.45, 2.75) is 38.3 Å². The maximum absolute atomic E-state index is 12.6. The number of piperidine rings is 3. The molecule has 6 heteroatoms. The van der Waals surface area contributed by atoms with Gasteiger partial charge in [-0.3, -0.25) is 4.90 Å². The van der Waals surface area contributed by atoms with E-state index in [1.54, 1.807) is 0 Å². The summed E-state index contributed by atoms with van der Waals surface area (Å²) in [4.78, 5) is 15.0. The molecule has 0 aromatic heterocycles. The van der Waals surface area contributed by atoms with Crippen molar-refractivity contribution in [2.75, 3.05) is 32.8 Å². The van der Waals surface area contributed by atoms with Crippen LogP contribution in [0.1, 0.15) is 37.8 Å². The van der Waals surface area contributed by atoms with E-state index in [0.717, 1.165) is 67.1 Å². The van der Waals surface area contributed by atoms with E-state index in [-0.39, 0.29) is 18.2 Å². The molecule has 4 heterocycles. The Hall–Kier alpha value is -2.73. The number of carbonyl (C=O) groups is 1. The van der Waals surface area contributed by atoms with Crippen molar-refractivity contribution in [3.63, 3.8) is 0 Å². The van der Waals surface area contributed by atoms with E-state index in [2.05, 4.69) is 28.4 Å². The minimum Gasteiger partial charge on any atom is -0.494 e. The summed E-state index contributed by atoms with van der Waals surface area (Å²) in [5.41, 5.74) is 3.15. The highest BCUT2D eigenvalue weighted by Crippen LogP contribution is 2.36. The molecule has 4 aliphatic rings. The predicted molar refractivity (Wildman–Crippen MR) is 118 cm³/mol. The van der Waals surface area contributed by atoms with Crippen LogP contribution in [0.25, 0.3) is 11.1 Å². The standard InChI is InChI=1S/C25H30N2O4/c1-2-29-20-5-3-4-18(14-20)19-6-7-21-22(10-13-30-23(21)15-19)26-25(28)31-24-16-27-11-8-17(24)9-12-27/h3-7,14-15,17,22,24H,2,8-13,16H2,1H3,(H,26,28)/t22?,24-/m0/s1. The Labute approximate surface area is 183 Å². The van der Waals surface area contributed by atoms with E-state index in [9.17, 15) is 4.79 Å². The maximum atomic E-state index is 12.6. The first kappa shape index (κ1) is 20.2. The van der Waals surface area contributed by atoms with Crippen LogP contribution in [0.3, 0.4) is 0 Å². The summed E-state index contributed by atoms with van der Waals surface area (Å²) in [5.74, 6) is 2.18. The number of carbonyl (C=O) groups excluding carboxylic acids is 1. The molecule has 164 valence electrons. The third-order valence-electron chi connectivity index (χ3n) is 6.68. The summed E-state index contributed by atoms with van der Waals surface area (Å²) in [5, 5.41) is 3.09. The van der Waals surface area contributed by atoms with Crippen molar-refractivity contribution < 1.29 is 19.0 Å². The number of nitrogens with one attached hydrogen (secondary N) is 1. The molecular weight excluding hydrogens is 392 g/mol. The molecule has 2 bridgehead atoms. The zero-order chi connectivity index (χ0) is 21.2. The number of nitrogens with zero attached hydrogens (tertiary/aromatic N) is 1. The quantitative estimate of drug-likeness (QED) is 0.774. The normalized spacial score (nSPS) is 26.5. The zero-order valence-corrected chi connectivity index (χ0v) is 18.0. The van der Waals surface area contributed by atoms with Gasteiger partial charge in [0.2, 0.25) is 0 Å². The van der Waals surface area contributed by atoms with Gasteiger partial charge in [0, 0.05) is 18.5 Å². The molecule has 2 aromatic carbocycles. The van der Waals surface area contributed by atoms with Crippen molar-refractivity contribution in [1.82, 2.24) is 10.2 Å². The van der Waals surface area contributed by atoms with Crippen LogP contribution in [0, 0.1) is 5.92 Å². The van der Waals surface area contributed by atoms with Gasteiger partial charge in [0.25, 0.3) is 0 Å². The van der Waals surface area contributed by atoms with E-state index >= 15 is 0 Å². The van der Waals surface area contributed by atoms with Crippen LogP contribution in [0.4, 0.5) is 4.79 Å². The second-order valence-electron chi connectivity index (χ2n) is 8.63. The fourth-order valence-corrected chi connectivity index (χ4v) is 5.01. The largest absolute Gasteiger partial charge is 0.494 e. The second-order valence-corrected chi connectivity index (χ2v) is 8.63. The van der Waals surface area contributed by atoms with E-state index in [1.807, 2.05) is 31.2 Å². The lowest BCUT2D eigenvalue weighted by atomic mass is 9.86. The monoisotopic (exact) mass is 422 g/mol. The molecule has 2 aromatic rings. The number of rotatable bonds is 5. The van der Waals surface area contributed by atoms with Crippen molar-refractivity contribution in [1.29, 1.82) is 0 Å². The van der Waals surface area contributed by atoms with E-state index in [4.69, 9.17) is 14.2 Å². The molecule has 0 spiro atoms. The van der Waals surface area contributed by atoms with Crippen molar-refractivity contribution in [3.05, 3.63) is 48.0 Å². The average molecular weight is 423 g/mol. The molecule has 1 N–H and O–H groups in total. The molecular formula is C25H30N2O4. The van der Waals surface area contributed by atoms with Gasteiger partial charge in [-0.15, -0.1) is 0 Å². The van der Waals surface area contributed by atoms with Gasteiger partial charge in [0.1, 0.15) is 17.6 Å². The van der Waals surface area contributed by atoms with Gasteiger partial charge in [-0.05, 0) is 68.1 Å². The average Bonchev–Trinajstić information content (AvgIpc) is 2.80. The summed E-state index contributed by atoms with van der Waals surface area (Å²) in [7, 11) is 0. The Bertz CT molecular complexity index is 939. The fourth-order valence-electron chi connectivity index (χ4n) is 5.01. The molecule has 0 saturated carbocycles. The molecule has 0 aliphatic carbocycles. The van der Waals surface area contributed by atoms with Gasteiger partial charge in [-0.2, -0.15) is 0 Å². The smallest absolute Gasteiger partial charge is 0.407 e. The lowest BCUT2D eigenvalue weighted by Crippen LogP contribution is -2.52.